The third kappa shape index (κ3) is 2.59. The van der Waals surface area contributed by atoms with Gasteiger partial charge in [-0.05, 0) is 31.9 Å². The van der Waals surface area contributed by atoms with Crippen molar-refractivity contribution in [2.24, 2.45) is 0 Å². The summed E-state index contributed by atoms with van der Waals surface area (Å²) >= 11 is 0. The van der Waals surface area contributed by atoms with Crippen LogP contribution in [0.5, 0.6) is 5.88 Å². The molecule has 4 rings (SSSR count). The number of ether oxygens (including phenoxy) is 1. The van der Waals surface area contributed by atoms with Crippen molar-refractivity contribution in [1.29, 1.82) is 0 Å². The molecule has 0 aromatic carbocycles. The number of aromatic nitrogens is 4. The van der Waals surface area contributed by atoms with Crippen LogP contribution in [0.1, 0.15) is 43.9 Å². The average Bonchev–Trinajstić information content (AvgIpc) is 2.91. The largest absolute Gasteiger partial charge is 0.467 e. The van der Waals surface area contributed by atoms with Crippen LogP contribution in [0.25, 0.3) is 0 Å². The fourth-order valence-electron chi connectivity index (χ4n) is 3.39. The van der Waals surface area contributed by atoms with E-state index in [9.17, 15) is 4.39 Å². The Morgan fingerprint density at radius 3 is 2.91 bits per heavy atom. The average molecular weight is 317 g/mol. The zero-order valence-electron chi connectivity index (χ0n) is 13.2. The fourth-order valence-corrected chi connectivity index (χ4v) is 3.39. The number of fused-ring (bicyclic) bond motifs is 1. The number of pyridine rings is 1. The maximum absolute atomic E-state index is 13.6. The molecule has 7 heteroatoms. The maximum Gasteiger partial charge on any atom is 0.250 e. The molecule has 1 aliphatic carbocycles. The lowest BCUT2D eigenvalue weighted by Gasteiger charge is -2.43. The maximum atomic E-state index is 13.6. The van der Waals surface area contributed by atoms with Gasteiger partial charge in [0, 0.05) is 25.3 Å². The highest BCUT2D eigenvalue weighted by molar-refractivity contribution is 5.13. The van der Waals surface area contributed by atoms with Crippen molar-refractivity contribution >= 4 is 0 Å². The van der Waals surface area contributed by atoms with E-state index in [4.69, 9.17) is 4.74 Å². The summed E-state index contributed by atoms with van der Waals surface area (Å²) in [7, 11) is 0. The van der Waals surface area contributed by atoms with Crippen LogP contribution in [0.3, 0.4) is 0 Å². The lowest BCUT2D eigenvalue weighted by Crippen LogP contribution is -2.47. The van der Waals surface area contributed by atoms with Crippen LogP contribution in [-0.2, 0) is 13.2 Å². The summed E-state index contributed by atoms with van der Waals surface area (Å²) in [4.78, 5) is 6.42. The van der Waals surface area contributed by atoms with Gasteiger partial charge >= 0.3 is 0 Å². The summed E-state index contributed by atoms with van der Waals surface area (Å²) in [6, 6.07) is 3.83. The molecule has 0 amide bonds. The Morgan fingerprint density at radius 2 is 2.17 bits per heavy atom. The molecule has 23 heavy (non-hydrogen) atoms. The van der Waals surface area contributed by atoms with Crippen molar-refractivity contribution in [3.8, 4) is 5.88 Å². The smallest absolute Gasteiger partial charge is 0.250 e. The van der Waals surface area contributed by atoms with Gasteiger partial charge < -0.3 is 9.30 Å². The summed E-state index contributed by atoms with van der Waals surface area (Å²) in [5.41, 5.74) is 0. The Kier molecular flexibility index (Phi) is 3.72. The second-order valence-electron chi connectivity index (χ2n) is 6.20. The highest BCUT2D eigenvalue weighted by atomic mass is 19.1. The molecule has 6 nitrogen and oxygen atoms in total. The standard InChI is InChI=1S/C16H20FN5O/c1-11-15-20-19-14(10-23-16-13(17)6-3-7-18-16)22(15)9-8-21(11)12-4-2-5-12/h3,6-7,11-12H,2,4-5,8-10H2,1H3. The monoisotopic (exact) mass is 317 g/mol. The van der Waals surface area contributed by atoms with Crippen LogP contribution in [0.15, 0.2) is 18.3 Å². The van der Waals surface area contributed by atoms with Crippen LogP contribution in [-0.4, -0.2) is 37.2 Å². The topological polar surface area (TPSA) is 56.1 Å². The molecule has 2 aliphatic rings. The van der Waals surface area contributed by atoms with E-state index in [1.807, 2.05) is 0 Å². The quantitative estimate of drug-likeness (QED) is 0.866. The van der Waals surface area contributed by atoms with Gasteiger partial charge in [-0.2, -0.15) is 0 Å². The Balaban J connectivity index is 1.49. The molecule has 0 saturated heterocycles. The van der Waals surface area contributed by atoms with Gasteiger partial charge in [-0.1, -0.05) is 6.42 Å². The fraction of sp³-hybridized carbons (Fsp3) is 0.562. The Bertz CT molecular complexity index is 700. The lowest BCUT2D eigenvalue weighted by molar-refractivity contribution is 0.0601. The molecule has 3 heterocycles. The first kappa shape index (κ1) is 14.6. The van der Waals surface area contributed by atoms with Crippen molar-refractivity contribution in [2.75, 3.05) is 6.54 Å². The molecular weight excluding hydrogens is 297 g/mol. The van der Waals surface area contributed by atoms with E-state index in [0.717, 1.165) is 24.7 Å². The SMILES string of the molecule is CC1c2nnc(COc3ncccc3F)n2CCN1C1CCC1. The molecule has 0 radical (unpaired) electrons. The number of hydrogen-bond donors (Lipinski definition) is 0. The van der Waals surface area contributed by atoms with E-state index < -0.39 is 5.82 Å². The van der Waals surface area contributed by atoms with Gasteiger partial charge in [0.15, 0.2) is 11.6 Å². The Hall–Kier alpha value is -2.02. The van der Waals surface area contributed by atoms with E-state index in [2.05, 4.69) is 31.6 Å². The molecule has 0 spiro atoms. The van der Waals surface area contributed by atoms with Crippen molar-refractivity contribution < 1.29 is 9.13 Å². The van der Waals surface area contributed by atoms with E-state index in [1.165, 1.54) is 37.6 Å². The molecule has 1 aliphatic heterocycles. The summed E-state index contributed by atoms with van der Waals surface area (Å²) < 4.78 is 21.1. The molecule has 0 bridgehead atoms. The Labute approximate surface area is 134 Å². The molecule has 2 aromatic rings. The first-order valence-electron chi connectivity index (χ1n) is 8.15. The second-order valence-corrected chi connectivity index (χ2v) is 6.20. The predicted molar refractivity (Wildman–Crippen MR) is 81.3 cm³/mol. The summed E-state index contributed by atoms with van der Waals surface area (Å²) in [6.07, 6.45) is 5.41. The van der Waals surface area contributed by atoms with E-state index in [1.54, 1.807) is 0 Å². The minimum atomic E-state index is -0.463. The van der Waals surface area contributed by atoms with Crippen LogP contribution in [0, 0.1) is 5.82 Å². The molecule has 1 fully saturated rings. The number of rotatable bonds is 4. The molecule has 122 valence electrons. The minimum Gasteiger partial charge on any atom is -0.467 e. The minimum absolute atomic E-state index is 0.00445. The molecule has 2 aromatic heterocycles. The van der Waals surface area contributed by atoms with Crippen LogP contribution < -0.4 is 4.74 Å². The van der Waals surface area contributed by atoms with Gasteiger partial charge in [0.05, 0.1) is 6.04 Å². The highest BCUT2D eigenvalue weighted by Gasteiger charge is 2.35. The van der Waals surface area contributed by atoms with Crippen LogP contribution in [0.4, 0.5) is 4.39 Å². The van der Waals surface area contributed by atoms with Gasteiger partial charge in [0.1, 0.15) is 12.4 Å². The zero-order chi connectivity index (χ0) is 15.8. The lowest BCUT2D eigenvalue weighted by atomic mass is 9.90. The van der Waals surface area contributed by atoms with Crippen molar-refractivity contribution in [2.45, 2.75) is 51.4 Å². The van der Waals surface area contributed by atoms with Gasteiger partial charge in [-0.3, -0.25) is 4.90 Å². The van der Waals surface area contributed by atoms with Crippen molar-refractivity contribution in [3.05, 3.63) is 35.8 Å². The van der Waals surface area contributed by atoms with Gasteiger partial charge in [-0.25, -0.2) is 9.37 Å². The van der Waals surface area contributed by atoms with Crippen molar-refractivity contribution in [3.63, 3.8) is 0 Å². The van der Waals surface area contributed by atoms with E-state index in [0.29, 0.717) is 6.04 Å². The predicted octanol–water partition coefficient (Wildman–Crippen LogP) is 2.32. The summed E-state index contributed by atoms with van der Waals surface area (Å²) in [6.45, 7) is 4.21. The molecule has 0 N–H and O–H groups in total. The Morgan fingerprint density at radius 1 is 1.30 bits per heavy atom. The van der Waals surface area contributed by atoms with E-state index >= 15 is 0 Å². The first-order valence-corrected chi connectivity index (χ1v) is 8.15. The van der Waals surface area contributed by atoms with Gasteiger partial charge in [0.2, 0.25) is 0 Å². The molecular formula is C16H20FN5O. The third-order valence-corrected chi connectivity index (χ3v) is 4.92. The number of halogens is 1. The third-order valence-electron chi connectivity index (χ3n) is 4.92. The summed E-state index contributed by atoms with van der Waals surface area (Å²) in [5, 5.41) is 8.58. The molecule has 1 unspecified atom stereocenters. The number of nitrogens with zero attached hydrogens (tertiary/aromatic N) is 5. The zero-order valence-corrected chi connectivity index (χ0v) is 13.2. The second kappa shape index (κ2) is 5.88. The molecule has 1 saturated carbocycles. The van der Waals surface area contributed by atoms with Crippen molar-refractivity contribution in [1.82, 2.24) is 24.6 Å². The highest BCUT2D eigenvalue weighted by Crippen LogP contribution is 2.34. The van der Waals surface area contributed by atoms with Crippen LogP contribution in [0.2, 0.25) is 0 Å². The van der Waals surface area contributed by atoms with E-state index in [-0.39, 0.29) is 18.5 Å². The summed E-state index contributed by atoms with van der Waals surface area (Å²) in [5.74, 6) is 1.24. The molecule has 1 atom stereocenters. The normalized spacial score (nSPS) is 21.7. The van der Waals surface area contributed by atoms with Gasteiger partial charge in [-0.15, -0.1) is 10.2 Å². The first-order chi connectivity index (χ1) is 11.2. The van der Waals surface area contributed by atoms with Crippen LogP contribution >= 0.6 is 0 Å². The van der Waals surface area contributed by atoms with Gasteiger partial charge in [0.25, 0.3) is 5.88 Å². The number of hydrogen-bond acceptors (Lipinski definition) is 5.